The Balaban J connectivity index is 2.13. The van der Waals surface area contributed by atoms with Crippen LogP contribution in [0.2, 0.25) is 5.02 Å². The van der Waals surface area contributed by atoms with Crippen LogP contribution in [0.1, 0.15) is 26.4 Å². The molecule has 0 radical (unpaired) electrons. The molecule has 0 aliphatic carbocycles. The van der Waals surface area contributed by atoms with Gasteiger partial charge in [-0.3, -0.25) is 4.79 Å². The van der Waals surface area contributed by atoms with Crippen LogP contribution in [0.5, 0.6) is 0 Å². The maximum Gasteiger partial charge on any atom is 0.337 e. The highest BCUT2D eigenvalue weighted by molar-refractivity contribution is 9.10. The largest absolute Gasteiger partial charge is 0.478 e. The number of halogens is 3. The van der Waals surface area contributed by atoms with E-state index < -0.39 is 11.9 Å². The van der Waals surface area contributed by atoms with Crippen LogP contribution in [0.3, 0.4) is 0 Å². The van der Waals surface area contributed by atoms with Crippen molar-refractivity contribution in [2.24, 2.45) is 0 Å². The quantitative estimate of drug-likeness (QED) is 0.529. The van der Waals surface area contributed by atoms with Crippen LogP contribution in [0.4, 0.5) is 5.69 Å². The van der Waals surface area contributed by atoms with Crippen LogP contribution in [0.25, 0.3) is 5.82 Å². The Morgan fingerprint density at radius 1 is 1.25 bits per heavy atom. The van der Waals surface area contributed by atoms with Gasteiger partial charge >= 0.3 is 5.97 Å². The fourth-order valence-electron chi connectivity index (χ4n) is 2.71. The number of pyridine rings is 1. The lowest BCUT2D eigenvalue weighted by atomic mass is 10.1. The third kappa shape index (κ3) is 3.82. The summed E-state index contributed by atoms with van der Waals surface area (Å²) in [7, 11) is 1.50. The molecule has 2 aromatic heterocycles. The van der Waals surface area contributed by atoms with Crippen molar-refractivity contribution < 1.29 is 14.7 Å². The van der Waals surface area contributed by atoms with Crippen LogP contribution in [0.15, 0.2) is 45.6 Å². The average molecular weight is 529 g/mol. The second kappa shape index (κ2) is 8.02. The van der Waals surface area contributed by atoms with Gasteiger partial charge in [-0.2, -0.15) is 5.10 Å². The summed E-state index contributed by atoms with van der Waals surface area (Å²) in [5.41, 5.74) is 1.16. The normalized spacial score (nSPS) is 10.8. The fourth-order valence-corrected chi connectivity index (χ4v) is 4.13. The molecule has 1 aromatic carbocycles. The highest BCUT2D eigenvalue weighted by atomic mass is 79.9. The summed E-state index contributed by atoms with van der Waals surface area (Å²) < 4.78 is 2.21. The Bertz CT molecular complexity index is 1100. The molecule has 2 heterocycles. The van der Waals surface area contributed by atoms with Crippen LogP contribution in [0, 0.1) is 6.92 Å². The molecule has 7 nitrogen and oxygen atoms in total. The minimum absolute atomic E-state index is 0.00345. The zero-order valence-electron chi connectivity index (χ0n) is 14.7. The maximum absolute atomic E-state index is 13.2. The van der Waals surface area contributed by atoms with Crippen LogP contribution >= 0.6 is 43.5 Å². The summed E-state index contributed by atoms with van der Waals surface area (Å²) in [6.07, 6.45) is 1.54. The minimum Gasteiger partial charge on any atom is -0.478 e. The molecule has 0 unspecified atom stereocenters. The number of hydrogen-bond acceptors (Lipinski definition) is 4. The van der Waals surface area contributed by atoms with Gasteiger partial charge < -0.3 is 10.0 Å². The zero-order chi connectivity index (χ0) is 20.6. The number of carboxylic acid groups (broad SMARTS) is 1. The predicted octanol–water partition coefficient (Wildman–Crippen LogP) is 4.73. The van der Waals surface area contributed by atoms with Crippen molar-refractivity contribution in [1.29, 1.82) is 0 Å². The predicted molar refractivity (Wildman–Crippen MR) is 113 cm³/mol. The van der Waals surface area contributed by atoms with E-state index in [4.69, 9.17) is 11.6 Å². The third-order valence-corrected chi connectivity index (χ3v) is 5.20. The molecule has 0 bridgehead atoms. The van der Waals surface area contributed by atoms with Crippen molar-refractivity contribution in [1.82, 2.24) is 14.8 Å². The third-order valence-electron chi connectivity index (χ3n) is 3.92. The Kier molecular flexibility index (Phi) is 5.87. The Labute approximate surface area is 182 Å². The molecule has 1 amide bonds. The number of carbonyl (C=O) groups excluding carboxylic acids is 1. The van der Waals surface area contributed by atoms with E-state index in [2.05, 4.69) is 41.9 Å². The number of amides is 1. The Morgan fingerprint density at radius 2 is 1.96 bits per heavy atom. The van der Waals surface area contributed by atoms with Crippen molar-refractivity contribution in [3.63, 3.8) is 0 Å². The molecule has 28 heavy (non-hydrogen) atoms. The molecule has 0 aliphatic heterocycles. The Hall–Kier alpha value is -2.23. The van der Waals surface area contributed by atoms with Crippen LogP contribution < -0.4 is 4.90 Å². The second-order valence-electron chi connectivity index (χ2n) is 5.89. The number of nitrogens with zero attached hydrogens (tertiary/aromatic N) is 4. The molecule has 144 valence electrons. The number of rotatable bonds is 4. The van der Waals surface area contributed by atoms with E-state index in [1.165, 1.54) is 35.0 Å². The summed E-state index contributed by atoms with van der Waals surface area (Å²) in [4.78, 5) is 30.4. The van der Waals surface area contributed by atoms with Gasteiger partial charge in [0, 0.05) is 23.8 Å². The molecule has 1 N–H and O–H groups in total. The molecule has 0 saturated heterocycles. The molecular formula is C18H13Br2ClN4O3. The zero-order valence-corrected chi connectivity index (χ0v) is 18.6. The molecule has 3 rings (SSSR count). The van der Waals surface area contributed by atoms with Gasteiger partial charge in [-0.25, -0.2) is 14.5 Å². The average Bonchev–Trinajstić information content (AvgIpc) is 3.01. The van der Waals surface area contributed by atoms with Gasteiger partial charge in [-0.05, 0) is 68.6 Å². The first kappa shape index (κ1) is 20.5. The van der Waals surface area contributed by atoms with Crippen molar-refractivity contribution in [3.8, 4) is 5.82 Å². The smallest absolute Gasteiger partial charge is 0.337 e. The molecule has 3 aromatic rings. The van der Waals surface area contributed by atoms with Gasteiger partial charge in [0.25, 0.3) is 5.91 Å². The number of aryl methyl sites for hydroxylation is 1. The number of carboxylic acids is 1. The maximum atomic E-state index is 13.2. The van der Waals surface area contributed by atoms with Gasteiger partial charge in [0.05, 0.1) is 16.3 Å². The van der Waals surface area contributed by atoms with E-state index in [1.54, 1.807) is 25.1 Å². The van der Waals surface area contributed by atoms with E-state index in [-0.39, 0.29) is 22.8 Å². The van der Waals surface area contributed by atoms with Gasteiger partial charge in [-0.1, -0.05) is 11.6 Å². The lowest BCUT2D eigenvalue weighted by molar-refractivity contribution is 0.0697. The minimum atomic E-state index is -1.14. The summed E-state index contributed by atoms with van der Waals surface area (Å²) >= 11 is 12.8. The molecule has 0 spiro atoms. The van der Waals surface area contributed by atoms with Gasteiger partial charge in [-0.15, -0.1) is 0 Å². The number of anilines is 1. The standard InChI is InChI=1S/C18H13Br2ClN4O3/c1-9-6-10(18(27)28)15(11(19)7-9)24(2)17(26)13-8-14(20)23-25(13)16-12(21)4-3-5-22-16/h3-8H,1-2H3,(H,27,28). The van der Waals surface area contributed by atoms with E-state index in [0.29, 0.717) is 14.1 Å². The number of benzene rings is 1. The highest BCUT2D eigenvalue weighted by Gasteiger charge is 2.26. The Morgan fingerprint density at radius 3 is 2.61 bits per heavy atom. The number of aromatic carboxylic acids is 1. The molecule has 10 heteroatoms. The van der Waals surface area contributed by atoms with Crippen molar-refractivity contribution in [2.75, 3.05) is 11.9 Å². The number of hydrogen-bond donors (Lipinski definition) is 1. The molecular weight excluding hydrogens is 515 g/mol. The van der Waals surface area contributed by atoms with E-state index in [9.17, 15) is 14.7 Å². The summed E-state index contributed by atoms with van der Waals surface area (Å²) in [6.45, 7) is 1.78. The van der Waals surface area contributed by atoms with Gasteiger partial charge in [0.2, 0.25) is 0 Å². The number of carbonyl (C=O) groups is 2. The first-order valence-corrected chi connectivity index (χ1v) is 9.85. The molecule has 0 fully saturated rings. The van der Waals surface area contributed by atoms with E-state index in [1.807, 2.05) is 0 Å². The van der Waals surface area contributed by atoms with E-state index in [0.717, 1.165) is 5.56 Å². The first-order chi connectivity index (χ1) is 13.2. The lowest BCUT2D eigenvalue weighted by Crippen LogP contribution is -2.30. The number of aromatic nitrogens is 3. The van der Waals surface area contributed by atoms with E-state index >= 15 is 0 Å². The molecule has 0 aliphatic rings. The second-order valence-corrected chi connectivity index (χ2v) is 7.96. The van der Waals surface area contributed by atoms with Gasteiger partial charge in [0.1, 0.15) is 10.3 Å². The highest BCUT2D eigenvalue weighted by Crippen LogP contribution is 2.33. The van der Waals surface area contributed by atoms with Crippen molar-refractivity contribution >= 4 is 61.0 Å². The molecule has 0 saturated carbocycles. The molecule has 0 atom stereocenters. The van der Waals surface area contributed by atoms with Crippen LogP contribution in [-0.2, 0) is 0 Å². The summed E-state index contributed by atoms with van der Waals surface area (Å²) in [5, 5.41) is 14.1. The van der Waals surface area contributed by atoms with Gasteiger partial charge in [0.15, 0.2) is 5.82 Å². The van der Waals surface area contributed by atoms with Crippen molar-refractivity contribution in [3.05, 3.63) is 67.4 Å². The lowest BCUT2D eigenvalue weighted by Gasteiger charge is -2.22. The van der Waals surface area contributed by atoms with Crippen molar-refractivity contribution in [2.45, 2.75) is 6.92 Å². The fraction of sp³-hybridized carbons (Fsp3) is 0.111. The summed E-state index contributed by atoms with van der Waals surface area (Å²) in [6, 6.07) is 8.08. The summed E-state index contributed by atoms with van der Waals surface area (Å²) in [5.74, 6) is -1.33. The first-order valence-electron chi connectivity index (χ1n) is 7.88. The SMILES string of the molecule is Cc1cc(Br)c(N(C)C(=O)c2cc(Br)nn2-c2ncccc2Cl)c(C(=O)O)c1. The van der Waals surface area contributed by atoms with Crippen LogP contribution in [-0.4, -0.2) is 38.8 Å². The monoisotopic (exact) mass is 526 g/mol. The topological polar surface area (TPSA) is 88.3 Å².